The van der Waals surface area contributed by atoms with Gasteiger partial charge in [0.2, 0.25) is 5.88 Å². The lowest BCUT2D eigenvalue weighted by Crippen LogP contribution is -2.01. The Balaban J connectivity index is 2.68. The van der Waals surface area contributed by atoms with Crippen LogP contribution in [0.4, 0.5) is 0 Å². The van der Waals surface area contributed by atoms with E-state index >= 15 is 0 Å². The minimum atomic E-state index is 0.417. The van der Waals surface area contributed by atoms with Crippen molar-refractivity contribution in [1.29, 1.82) is 0 Å². The number of methoxy groups -OCH3 is 1. The molecule has 0 bridgehead atoms. The molecule has 0 amide bonds. The summed E-state index contributed by atoms with van der Waals surface area (Å²) in [4.78, 5) is 16.7. The topological polar surface area (TPSA) is 60.8 Å². The summed E-state index contributed by atoms with van der Waals surface area (Å²) in [5.41, 5.74) is 1.98. The van der Waals surface area contributed by atoms with Gasteiger partial charge in [-0.3, -0.25) is 0 Å². The number of ether oxygens (including phenoxy) is 1. The second kappa shape index (κ2) is 4.63. The Morgan fingerprint density at radius 3 is 2.47 bits per heavy atom. The van der Waals surface area contributed by atoms with Gasteiger partial charge in [-0.1, -0.05) is 11.6 Å². The molecule has 0 aliphatic carbocycles. The highest BCUT2D eigenvalue weighted by molar-refractivity contribution is 6.30. The molecule has 88 valence electrons. The first-order valence-corrected chi connectivity index (χ1v) is 5.37. The average Bonchev–Trinajstić information content (AvgIpc) is 2.33. The number of aromatic nitrogens is 4. The molecule has 2 aromatic heterocycles. The summed E-state index contributed by atoms with van der Waals surface area (Å²) in [7, 11) is 1.54. The van der Waals surface area contributed by atoms with Gasteiger partial charge >= 0.3 is 0 Å². The Morgan fingerprint density at radius 2 is 1.76 bits per heavy atom. The molecule has 0 aromatic carbocycles. The van der Waals surface area contributed by atoms with E-state index in [9.17, 15) is 0 Å². The maximum Gasteiger partial charge on any atom is 0.241 e. The third kappa shape index (κ3) is 2.19. The molecule has 6 heteroatoms. The molecule has 0 aliphatic rings. The predicted octanol–water partition coefficient (Wildman–Crippen LogP) is 2.21. The average molecular weight is 251 g/mol. The second-order valence-corrected chi connectivity index (χ2v) is 3.81. The maximum absolute atomic E-state index is 6.02. The largest absolute Gasteiger partial charge is 0.479 e. The molecule has 2 rings (SSSR count). The summed E-state index contributed by atoms with van der Waals surface area (Å²) in [5, 5.41) is 0.417. The molecule has 0 radical (unpaired) electrons. The van der Waals surface area contributed by atoms with E-state index in [1.54, 1.807) is 26.4 Å². The van der Waals surface area contributed by atoms with E-state index in [0.717, 1.165) is 5.56 Å². The van der Waals surface area contributed by atoms with Gasteiger partial charge in [0.15, 0.2) is 5.69 Å². The minimum Gasteiger partial charge on any atom is -0.479 e. The standard InChI is InChI=1S/C11H11ClN4O/c1-6-8(15-7(2)16-10(6)12)9-11(17-3)14-5-4-13-9/h4-5H,1-3H3. The summed E-state index contributed by atoms with van der Waals surface area (Å²) >= 11 is 6.02. The lowest BCUT2D eigenvalue weighted by atomic mass is 10.2. The number of hydrogen-bond donors (Lipinski definition) is 0. The van der Waals surface area contributed by atoms with Crippen LogP contribution in [0, 0.1) is 13.8 Å². The Hall–Kier alpha value is -1.75. The van der Waals surface area contributed by atoms with Gasteiger partial charge in [0.05, 0.1) is 7.11 Å². The SMILES string of the molecule is COc1nccnc1-c1nc(C)nc(Cl)c1C. The first-order chi connectivity index (χ1) is 8.13. The van der Waals surface area contributed by atoms with Gasteiger partial charge in [-0.2, -0.15) is 0 Å². The number of nitrogens with zero attached hydrogens (tertiary/aromatic N) is 4. The normalized spacial score (nSPS) is 10.4. The molecule has 0 saturated heterocycles. The molecule has 5 nitrogen and oxygen atoms in total. The summed E-state index contributed by atoms with van der Waals surface area (Å²) in [6, 6.07) is 0. The van der Waals surface area contributed by atoms with E-state index in [2.05, 4.69) is 19.9 Å². The van der Waals surface area contributed by atoms with Gasteiger partial charge in [0.1, 0.15) is 16.7 Å². The number of hydrogen-bond acceptors (Lipinski definition) is 5. The van der Waals surface area contributed by atoms with Crippen LogP contribution in [0.15, 0.2) is 12.4 Å². The van der Waals surface area contributed by atoms with Crippen LogP contribution < -0.4 is 4.74 Å². The molecule has 17 heavy (non-hydrogen) atoms. The first-order valence-electron chi connectivity index (χ1n) is 4.99. The Morgan fingerprint density at radius 1 is 1.06 bits per heavy atom. The van der Waals surface area contributed by atoms with E-state index in [0.29, 0.717) is 28.2 Å². The van der Waals surface area contributed by atoms with Gasteiger partial charge in [-0.25, -0.2) is 19.9 Å². The van der Waals surface area contributed by atoms with Gasteiger partial charge in [0.25, 0.3) is 0 Å². The van der Waals surface area contributed by atoms with Crippen molar-refractivity contribution in [2.45, 2.75) is 13.8 Å². The lowest BCUT2D eigenvalue weighted by Gasteiger charge is -2.09. The molecular formula is C11H11ClN4O. The molecular weight excluding hydrogens is 240 g/mol. The zero-order chi connectivity index (χ0) is 12.4. The first kappa shape index (κ1) is 11.7. The number of halogens is 1. The van der Waals surface area contributed by atoms with E-state index in [-0.39, 0.29) is 0 Å². The number of rotatable bonds is 2. The van der Waals surface area contributed by atoms with Crippen molar-refractivity contribution in [2.75, 3.05) is 7.11 Å². The van der Waals surface area contributed by atoms with Crippen LogP contribution >= 0.6 is 11.6 Å². The van der Waals surface area contributed by atoms with Crippen LogP contribution in [0.2, 0.25) is 5.15 Å². The smallest absolute Gasteiger partial charge is 0.241 e. The fourth-order valence-electron chi connectivity index (χ4n) is 1.46. The quantitative estimate of drug-likeness (QED) is 0.765. The summed E-state index contributed by atoms with van der Waals surface area (Å²) in [6.07, 6.45) is 3.15. The monoisotopic (exact) mass is 250 g/mol. The fraction of sp³-hybridized carbons (Fsp3) is 0.273. The molecule has 2 heterocycles. The highest BCUT2D eigenvalue weighted by Crippen LogP contribution is 2.28. The third-order valence-corrected chi connectivity index (χ3v) is 2.65. The van der Waals surface area contributed by atoms with Crippen LogP contribution in [0.5, 0.6) is 5.88 Å². The molecule has 0 unspecified atom stereocenters. The summed E-state index contributed by atoms with van der Waals surface area (Å²) in [6.45, 7) is 3.61. The molecule has 2 aromatic rings. The van der Waals surface area contributed by atoms with Gasteiger partial charge in [-0.15, -0.1) is 0 Å². The third-order valence-electron chi connectivity index (χ3n) is 2.28. The lowest BCUT2D eigenvalue weighted by molar-refractivity contribution is 0.397. The zero-order valence-electron chi connectivity index (χ0n) is 9.73. The van der Waals surface area contributed by atoms with Gasteiger partial charge in [-0.05, 0) is 13.8 Å². The van der Waals surface area contributed by atoms with Crippen LogP contribution in [-0.4, -0.2) is 27.0 Å². The second-order valence-electron chi connectivity index (χ2n) is 3.45. The maximum atomic E-state index is 6.02. The molecule has 0 saturated carbocycles. The zero-order valence-corrected chi connectivity index (χ0v) is 10.5. The fourth-order valence-corrected chi connectivity index (χ4v) is 1.67. The molecule has 0 spiro atoms. The van der Waals surface area contributed by atoms with Gasteiger partial charge < -0.3 is 4.74 Å². The van der Waals surface area contributed by atoms with E-state index < -0.39 is 0 Å². The van der Waals surface area contributed by atoms with E-state index in [4.69, 9.17) is 16.3 Å². The summed E-state index contributed by atoms with van der Waals surface area (Å²) in [5.74, 6) is 1.01. The highest BCUT2D eigenvalue weighted by atomic mass is 35.5. The van der Waals surface area contributed by atoms with E-state index in [1.165, 1.54) is 0 Å². The van der Waals surface area contributed by atoms with Crippen molar-refractivity contribution in [3.05, 3.63) is 28.9 Å². The van der Waals surface area contributed by atoms with Crippen molar-refractivity contribution in [3.8, 4) is 17.3 Å². The van der Waals surface area contributed by atoms with E-state index in [1.807, 2.05) is 6.92 Å². The molecule has 0 fully saturated rings. The van der Waals surface area contributed by atoms with Crippen LogP contribution in [0.25, 0.3) is 11.4 Å². The van der Waals surface area contributed by atoms with Crippen molar-refractivity contribution in [3.63, 3.8) is 0 Å². The van der Waals surface area contributed by atoms with Gasteiger partial charge in [0, 0.05) is 18.0 Å². The van der Waals surface area contributed by atoms with Crippen molar-refractivity contribution in [2.24, 2.45) is 0 Å². The Labute approximate surface area is 104 Å². The highest BCUT2D eigenvalue weighted by Gasteiger charge is 2.15. The molecule has 0 N–H and O–H groups in total. The van der Waals surface area contributed by atoms with Crippen LogP contribution in [-0.2, 0) is 0 Å². The van der Waals surface area contributed by atoms with Crippen LogP contribution in [0.3, 0.4) is 0 Å². The minimum absolute atomic E-state index is 0.417. The summed E-state index contributed by atoms with van der Waals surface area (Å²) < 4.78 is 5.16. The Kier molecular flexibility index (Phi) is 3.19. The van der Waals surface area contributed by atoms with Crippen molar-refractivity contribution in [1.82, 2.24) is 19.9 Å². The molecule has 0 atom stereocenters. The predicted molar refractivity (Wildman–Crippen MR) is 64.1 cm³/mol. The van der Waals surface area contributed by atoms with Crippen LogP contribution in [0.1, 0.15) is 11.4 Å². The Bertz CT molecular complexity index is 559. The number of aryl methyl sites for hydroxylation is 1. The van der Waals surface area contributed by atoms with Crippen molar-refractivity contribution < 1.29 is 4.74 Å². The molecule has 0 aliphatic heterocycles. The van der Waals surface area contributed by atoms with Crippen molar-refractivity contribution >= 4 is 11.6 Å².